The molecule has 1 heterocycles. The number of hydrogen-bond acceptors (Lipinski definition) is 3. The Labute approximate surface area is 101 Å². The van der Waals surface area contributed by atoms with Gasteiger partial charge in [-0.05, 0) is 31.2 Å². The first kappa shape index (κ1) is 11.7. The van der Waals surface area contributed by atoms with Gasteiger partial charge in [0, 0.05) is 16.6 Å². The van der Waals surface area contributed by atoms with Crippen LogP contribution in [0.2, 0.25) is 0 Å². The number of halogens is 1. The number of nitrogens with zero attached hydrogens (tertiary/aromatic N) is 1. The number of aryl methyl sites for hydroxylation is 1. The molecule has 1 aromatic carbocycles. The first-order valence-corrected chi connectivity index (χ1v) is 5.89. The minimum atomic E-state index is -0.384. The van der Waals surface area contributed by atoms with E-state index in [4.69, 9.17) is 0 Å². The van der Waals surface area contributed by atoms with E-state index in [1.165, 1.54) is 28.8 Å². The molecule has 0 unspecified atom stereocenters. The zero-order valence-corrected chi connectivity index (χ0v) is 9.96. The van der Waals surface area contributed by atoms with E-state index in [0.717, 1.165) is 17.0 Å². The van der Waals surface area contributed by atoms with E-state index >= 15 is 0 Å². The molecule has 0 saturated heterocycles. The van der Waals surface area contributed by atoms with E-state index in [2.05, 4.69) is 0 Å². The highest BCUT2D eigenvalue weighted by Gasteiger charge is 2.10. The molecule has 2 rings (SSSR count). The molecule has 1 aromatic heterocycles. The van der Waals surface area contributed by atoms with Gasteiger partial charge in [-0.3, -0.25) is 14.2 Å². The number of hydrogen-bond donors (Lipinski definition) is 0. The summed E-state index contributed by atoms with van der Waals surface area (Å²) in [6.45, 7) is 1.77. The first-order chi connectivity index (χ1) is 8.08. The molecule has 0 bridgehead atoms. The average molecular weight is 251 g/mol. The van der Waals surface area contributed by atoms with Crippen LogP contribution in [-0.4, -0.2) is 10.4 Å². The third-order valence-electron chi connectivity index (χ3n) is 2.44. The van der Waals surface area contributed by atoms with Gasteiger partial charge in [0.25, 0.3) is 0 Å². The van der Waals surface area contributed by atoms with Crippen molar-refractivity contribution in [1.29, 1.82) is 0 Å². The van der Waals surface area contributed by atoms with Crippen molar-refractivity contribution in [3.8, 4) is 0 Å². The Balaban J connectivity index is 2.23. The molecule has 0 saturated carbocycles. The van der Waals surface area contributed by atoms with Crippen molar-refractivity contribution in [2.45, 2.75) is 13.5 Å². The average Bonchev–Trinajstić information content (AvgIpc) is 2.61. The van der Waals surface area contributed by atoms with E-state index in [1.807, 2.05) is 0 Å². The van der Waals surface area contributed by atoms with Gasteiger partial charge in [-0.25, -0.2) is 4.39 Å². The summed E-state index contributed by atoms with van der Waals surface area (Å²) in [5, 5.41) is 1.71. The molecule has 2 aromatic rings. The predicted molar refractivity (Wildman–Crippen MR) is 64.0 cm³/mol. The molecule has 0 aliphatic carbocycles. The second kappa shape index (κ2) is 4.63. The highest BCUT2D eigenvalue weighted by molar-refractivity contribution is 7.07. The van der Waals surface area contributed by atoms with Gasteiger partial charge in [-0.15, -0.1) is 0 Å². The van der Waals surface area contributed by atoms with Gasteiger partial charge in [-0.1, -0.05) is 11.3 Å². The van der Waals surface area contributed by atoms with Crippen LogP contribution in [0.5, 0.6) is 0 Å². The molecule has 0 aliphatic rings. The summed E-state index contributed by atoms with van der Waals surface area (Å²) in [5.74, 6) is -0.584. The van der Waals surface area contributed by atoms with Gasteiger partial charge in [0.1, 0.15) is 5.82 Å². The molecule has 0 spiro atoms. The van der Waals surface area contributed by atoms with Crippen molar-refractivity contribution in [1.82, 2.24) is 4.57 Å². The van der Waals surface area contributed by atoms with Crippen LogP contribution < -0.4 is 4.87 Å². The summed E-state index contributed by atoms with van der Waals surface area (Å²) < 4.78 is 14.1. The van der Waals surface area contributed by atoms with E-state index < -0.39 is 0 Å². The minimum absolute atomic E-state index is 0.000199. The van der Waals surface area contributed by atoms with Crippen LogP contribution in [0.15, 0.2) is 34.4 Å². The van der Waals surface area contributed by atoms with E-state index in [0.29, 0.717) is 5.56 Å². The molecule has 0 amide bonds. The lowest BCUT2D eigenvalue weighted by molar-refractivity contribution is 0.0970. The molecule has 5 heteroatoms. The number of Topliss-reactive ketones (excluding diaryl/α,β-unsaturated/α-hetero) is 1. The monoisotopic (exact) mass is 251 g/mol. The van der Waals surface area contributed by atoms with Crippen molar-refractivity contribution in [3.63, 3.8) is 0 Å². The van der Waals surface area contributed by atoms with Crippen LogP contribution in [0.3, 0.4) is 0 Å². The predicted octanol–water partition coefficient (Wildman–Crippen LogP) is 2.24. The maximum atomic E-state index is 12.7. The second-order valence-electron chi connectivity index (χ2n) is 3.66. The molecule has 0 N–H and O–H groups in total. The summed E-state index contributed by atoms with van der Waals surface area (Å²) in [6.07, 6.45) is 0. The van der Waals surface area contributed by atoms with Gasteiger partial charge in [0.05, 0.1) is 6.54 Å². The van der Waals surface area contributed by atoms with Gasteiger partial charge < -0.3 is 0 Å². The molecule has 3 nitrogen and oxygen atoms in total. The van der Waals surface area contributed by atoms with Crippen LogP contribution >= 0.6 is 11.3 Å². The lowest BCUT2D eigenvalue weighted by Gasteiger charge is -2.03. The third-order valence-corrected chi connectivity index (χ3v) is 3.33. The number of benzene rings is 1. The molecule has 0 fully saturated rings. The molecule has 0 radical (unpaired) electrons. The van der Waals surface area contributed by atoms with E-state index in [1.54, 1.807) is 12.3 Å². The van der Waals surface area contributed by atoms with E-state index in [9.17, 15) is 14.0 Å². The summed E-state index contributed by atoms with van der Waals surface area (Å²) in [5.41, 5.74) is 1.17. The third kappa shape index (κ3) is 2.50. The lowest BCUT2D eigenvalue weighted by atomic mass is 10.1. The van der Waals surface area contributed by atoms with Crippen molar-refractivity contribution >= 4 is 17.1 Å². The Morgan fingerprint density at radius 1 is 1.35 bits per heavy atom. The first-order valence-electron chi connectivity index (χ1n) is 5.01. The summed E-state index contributed by atoms with van der Waals surface area (Å²) in [6, 6.07) is 5.31. The molecular weight excluding hydrogens is 241 g/mol. The number of aromatic nitrogens is 1. The van der Waals surface area contributed by atoms with Crippen LogP contribution in [0, 0.1) is 12.7 Å². The number of rotatable bonds is 3. The Kier molecular flexibility index (Phi) is 3.19. The highest BCUT2D eigenvalue weighted by Crippen LogP contribution is 2.06. The minimum Gasteiger partial charge on any atom is -0.296 e. The molecule has 0 aliphatic heterocycles. The zero-order chi connectivity index (χ0) is 12.4. The molecule has 0 atom stereocenters. The largest absolute Gasteiger partial charge is 0.307 e. The maximum absolute atomic E-state index is 12.7. The Bertz CT molecular complexity index is 598. The number of carbonyl (C=O) groups is 1. The van der Waals surface area contributed by atoms with Crippen molar-refractivity contribution in [3.05, 3.63) is 56.4 Å². The van der Waals surface area contributed by atoms with Crippen LogP contribution in [0.1, 0.15) is 16.1 Å². The van der Waals surface area contributed by atoms with Crippen molar-refractivity contribution in [2.24, 2.45) is 0 Å². The molecular formula is C12H10FNO2S. The summed E-state index contributed by atoms with van der Waals surface area (Å²) in [7, 11) is 0. The van der Waals surface area contributed by atoms with Gasteiger partial charge in [0.2, 0.25) is 0 Å². The Morgan fingerprint density at radius 2 is 2.00 bits per heavy atom. The van der Waals surface area contributed by atoms with Crippen molar-refractivity contribution in [2.75, 3.05) is 0 Å². The fourth-order valence-corrected chi connectivity index (χ4v) is 2.20. The SMILES string of the molecule is Cc1csc(=O)n1CC(=O)c1ccc(F)cc1. The Morgan fingerprint density at radius 3 is 2.53 bits per heavy atom. The van der Waals surface area contributed by atoms with Gasteiger partial charge >= 0.3 is 4.87 Å². The van der Waals surface area contributed by atoms with Crippen LogP contribution in [0.4, 0.5) is 4.39 Å². The molecule has 17 heavy (non-hydrogen) atoms. The fourth-order valence-electron chi connectivity index (χ4n) is 1.47. The Hall–Kier alpha value is -1.75. The fraction of sp³-hybridized carbons (Fsp3) is 0.167. The maximum Gasteiger partial charge on any atom is 0.307 e. The zero-order valence-electron chi connectivity index (χ0n) is 9.14. The second-order valence-corrected chi connectivity index (χ2v) is 4.48. The number of carbonyl (C=O) groups excluding carboxylic acids is 1. The van der Waals surface area contributed by atoms with Crippen molar-refractivity contribution < 1.29 is 9.18 Å². The lowest BCUT2D eigenvalue weighted by Crippen LogP contribution is -2.20. The highest BCUT2D eigenvalue weighted by atomic mass is 32.1. The summed E-state index contributed by atoms with van der Waals surface area (Å²) in [4.78, 5) is 23.1. The molecule has 88 valence electrons. The normalized spacial score (nSPS) is 10.5. The van der Waals surface area contributed by atoms with Gasteiger partial charge in [0.15, 0.2) is 5.78 Å². The van der Waals surface area contributed by atoms with Gasteiger partial charge in [-0.2, -0.15) is 0 Å². The van der Waals surface area contributed by atoms with E-state index in [-0.39, 0.29) is 23.0 Å². The number of thiazole rings is 1. The smallest absolute Gasteiger partial charge is 0.296 e. The topological polar surface area (TPSA) is 39.1 Å². The van der Waals surface area contributed by atoms with Crippen LogP contribution in [0.25, 0.3) is 0 Å². The van der Waals surface area contributed by atoms with Crippen LogP contribution in [-0.2, 0) is 6.54 Å². The quantitative estimate of drug-likeness (QED) is 0.785. The number of ketones is 1. The standard InChI is InChI=1S/C12H10FNO2S/c1-8-7-17-12(16)14(8)6-11(15)9-2-4-10(13)5-3-9/h2-5,7H,6H2,1H3. The summed E-state index contributed by atoms with van der Waals surface area (Å²) >= 11 is 1.07.